The number of halogens is 1. The van der Waals surface area contributed by atoms with Crippen molar-refractivity contribution in [3.8, 4) is 0 Å². The van der Waals surface area contributed by atoms with Gasteiger partial charge in [0.1, 0.15) is 11.9 Å². The highest BCUT2D eigenvalue weighted by atomic mass is 127. The van der Waals surface area contributed by atoms with Gasteiger partial charge in [0.05, 0.1) is 5.56 Å². The molecular weight excluding hydrogens is 487 g/mol. The Kier molecular flexibility index (Phi) is 5.31. The summed E-state index contributed by atoms with van der Waals surface area (Å²) < 4.78 is 7.04. The van der Waals surface area contributed by atoms with E-state index >= 15 is 0 Å². The molecule has 1 aromatic carbocycles. The molecule has 0 bridgehead atoms. The van der Waals surface area contributed by atoms with E-state index in [1.807, 2.05) is 24.3 Å². The van der Waals surface area contributed by atoms with Gasteiger partial charge in [-0.3, -0.25) is 4.79 Å². The lowest BCUT2D eigenvalue weighted by Gasteiger charge is -2.60. The molecule has 7 atom stereocenters. The molecule has 3 nitrogen and oxygen atoms in total. The average molecular weight is 520 g/mol. The van der Waals surface area contributed by atoms with E-state index in [4.69, 9.17) is 4.74 Å². The summed E-state index contributed by atoms with van der Waals surface area (Å²) in [5.41, 5.74) is 0.974. The third-order valence-corrected chi connectivity index (χ3v) is 10.3. The summed E-state index contributed by atoms with van der Waals surface area (Å²) in [5.74, 6) is 3.08. The number of hydrogen-bond acceptors (Lipinski definition) is 3. The predicted molar refractivity (Wildman–Crippen MR) is 125 cm³/mol. The van der Waals surface area contributed by atoms with Crippen molar-refractivity contribution in [1.82, 2.24) is 0 Å². The molecule has 0 amide bonds. The first-order valence-electron chi connectivity index (χ1n) is 11.8. The Balaban J connectivity index is 1.28. The summed E-state index contributed by atoms with van der Waals surface area (Å²) in [6, 6.07) is 7.67. The minimum Gasteiger partial charge on any atom is -0.459 e. The molecule has 4 aliphatic carbocycles. The van der Waals surface area contributed by atoms with Crippen LogP contribution in [0.15, 0.2) is 24.3 Å². The Labute approximate surface area is 193 Å². The fraction of sp³-hybridized carbons (Fsp3) is 0.692. The number of fused-ring (bicyclic) bond motifs is 5. The van der Waals surface area contributed by atoms with E-state index in [9.17, 15) is 9.59 Å². The minimum atomic E-state index is -0.172. The second-order valence-corrected chi connectivity index (χ2v) is 12.1. The molecule has 162 valence electrons. The first-order chi connectivity index (χ1) is 14.3. The lowest BCUT2D eigenvalue weighted by molar-refractivity contribution is -0.142. The zero-order valence-electron chi connectivity index (χ0n) is 18.2. The molecule has 4 saturated carbocycles. The van der Waals surface area contributed by atoms with Gasteiger partial charge in [0.25, 0.3) is 0 Å². The number of ketones is 1. The van der Waals surface area contributed by atoms with Crippen LogP contribution in [-0.4, -0.2) is 17.9 Å². The van der Waals surface area contributed by atoms with Gasteiger partial charge >= 0.3 is 5.97 Å². The molecule has 0 aliphatic heterocycles. The first-order valence-corrected chi connectivity index (χ1v) is 12.9. The Morgan fingerprint density at radius 2 is 1.90 bits per heavy atom. The highest BCUT2D eigenvalue weighted by molar-refractivity contribution is 14.1. The normalized spacial score (nSPS) is 42.8. The highest BCUT2D eigenvalue weighted by Crippen LogP contribution is 2.65. The molecule has 1 aromatic rings. The van der Waals surface area contributed by atoms with Crippen molar-refractivity contribution in [2.75, 3.05) is 0 Å². The molecule has 0 radical (unpaired) electrons. The van der Waals surface area contributed by atoms with Crippen molar-refractivity contribution in [2.45, 2.75) is 77.7 Å². The molecule has 4 fully saturated rings. The van der Waals surface area contributed by atoms with E-state index in [1.54, 1.807) is 0 Å². The third-order valence-electron chi connectivity index (χ3n) is 9.66. The average Bonchev–Trinajstić information content (AvgIpc) is 3.03. The van der Waals surface area contributed by atoms with Crippen molar-refractivity contribution >= 4 is 34.3 Å². The van der Waals surface area contributed by atoms with Crippen molar-refractivity contribution in [2.24, 2.45) is 34.5 Å². The Bertz CT molecular complexity index is 866. The molecule has 0 saturated heterocycles. The van der Waals surface area contributed by atoms with Gasteiger partial charge in [-0.05, 0) is 121 Å². The molecule has 4 aliphatic rings. The number of esters is 1. The number of carbonyl (C=O) groups excluding carboxylic acids is 2. The lowest BCUT2D eigenvalue weighted by atomic mass is 9.45. The van der Waals surface area contributed by atoms with Gasteiger partial charge in [0, 0.05) is 15.4 Å². The van der Waals surface area contributed by atoms with Gasteiger partial charge in [-0.25, -0.2) is 4.79 Å². The van der Waals surface area contributed by atoms with Crippen LogP contribution < -0.4 is 0 Å². The molecule has 0 aromatic heterocycles. The molecule has 0 spiro atoms. The molecule has 0 unspecified atom stereocenters. The molecule has 5 rings (SSSR count). The largest absolute Gasteiger partial charge is 0.459 e. The monoisotopic (exact) mass is 520 g/mol. The molecule has 0 N–H and O–H groups in total. The predicted octanol–water partition coefficient (Wildman–Crippen LogP) is 6.43. The maximum absolute atomic E-state index is 12.7. The number of rotatable bonds is 2. The number of hydrogen-bond donors (Lipinski definition) is 0. The standard InChI is InChI=1S/C26H33IO3/c1-25-12-10-19(30-24(29)16-4-3-5-18(27)14-16)15-17(25)6-7-20-21-8-9-23(28)26(21,2)13-11-22(20)25/h3-5,14,17,19-22H,6-13,15H2,1-2H3/t17-,19+,20+,21+,22+,25-,26-/m0/s1. The SMILES string of the molecule is C[C@]12CC[C@@H](OC(=O)c3cccc(I)c3)C[C@@H]1CC[C@H]1[C@H]2CC[C@]2(C)C(=O)CC[C@H]12. The lowest BCUT2D eigenvalue weighted by Crippen LogP contribution is -2.54. The third kappa shape index (κ3) is 3.27. The zero-order valence-corrected chi connectivity index (χ0v) is 20.3. The molecular formula is C26H33IO3. The highest BCUT2D eigenvalue weighted by Gasteiger charge is 2.60. The fourth-order valence-corrected chi connectivity index (χ4v) is 8.47. The van der Waals surface area contributed by atoms with Gasteiger partial charge in [-0.15, -0.1) is 0 Å². The van der Waals surface area contributed by atoms with Crippen molar-refractivity contribution in [3.05, 3.63) is 33.4 Å². The quantitative estimate of drug-likeness (QED) is 0.334. The van der Waals surface area contributed by atoms with Crippen molar-refractivity contribution in [3.63, 3.8) is 0 Å². The van der Waals surface area contributed by atoms with E-state index in [-0.39, 0.29) is 17.5 Å². The smallest absolute Gasteiger partial charge is 0.338 e. The van der Waals surface area contributed by atoms with E-state index in [2.05, 4.69) is 36.4 Å². The summed E-state index contributed by atoms with van der Waals surface area (Å²) in [4.78, 5) is 25.3. The van der Waals surface area contributed by atoms with Crippen LogP contribution in [0.4, 0.5) is 0 Å². The van der Waals surface area contributed by atoms with E-state index in [0.29, 0.717) is 28.6 Å². The van der Waals surface area contributed by atoms with Crippen molar-refractivity contribution < 1.29 is 14.3 Å². The summed E-state index contributed by atoms with van der Waals surface area (Å²) in [6.45, 7) is 4.78. The number of benzene rings is 1. The number of carbonyl (C=O) groups is 2. The zero-order chi connectivity index (χ0) is 21.1. The Hall–Kier alpha value is -0.910. The van der Waals surface area contributed by atoms with E-state index in [0.717, 1.165) is 53.9 Å². The van der Waals surface area contributed by atoms with Crippen LogP contribution in [0.3, 0.4) is 0 Å². The van der Waals surface area contributed by atoms with E-state index < -0.39 is 0 Å². The summed E-state index contributed by atoms with van der Waals surface area (Å²) in [5, 5.41) is 0. The van der Waals surface area contributed by atoms with Gasteiger partial charge in [-0.1, -0.05) is 19.9 Å². The molecule has 30 heavy (non-hydrogen) atoms. The second kappa shape index (κ2) is 7.60. The van der Waals surface area contributed by atoms with Crippen LogP contribution >= 0.6 is 22.6 Å². The van der Waals surface area contributed by atoms with Crippen LogP contribution in [0.2, 0.25) is 0 Å². The topological polar surface area (TPSA) is 43.4 Å². The second-order valence-electron chi connectivity index (χ2n) is 10.9. The summed E-state index contributed by atoms with van der Waals surface area (Å²) in [6.07, 6.45) is 9.91. The minimum absolute atomic E-state index is 0.0374. The number of Topliss-reactive ketones (excluding diaryl/α,β-unsaturated/α-hetero) is 1. The van der Waals surface area contributed by atoms with Gasteiger partial charge in [0.2, 0.25) is 0 Å². The van der Waals surface area contributed by atoms with Gasteiger partial charge in [0.15, 0.2) is 0 Å². The number of ether oxygens (including phenoxy) is 1. The van der Waals surface area contributed by atoms with Crippen LogP contribution in [0, 0.1) is 38.1 Å². The maximum atomic E-state index is 12.7. The summed E-state index contributed by atoms with van der Waals surface area (Å²) in [7, 11) is 0. The molecule has 0 heterocycles. The van der Waals surface area contributed by atoms with Crippen LogP contribution in [0.1, 0.15) is 82.0 Å². The van der Waals surface area contributed by atoms with Crippen LogP contribution in [0.25, 0.3) is 0 Å². The maximum Gasteiger partial charge on any atom is 0.338 e. The Morgan fingerprint density at radius 1 is 1.07 bits per heavy atom. The van der Waals surface area contributed by atoms with Gasteiger partial charge in [-0.2, -0.15) is 0 Å². The summed E-state index contributed by atoms with van der Waals surface area (Å²) >= 11 is 2.24. The first kappa shape index (κ1) is 21.0. The van der Waals surface area contributed by atoms with Crippen LogP contribution in [0.5, 0.6) is 0 Å². The Morgan fingerprint density at radius 3 is 2.70 bits per heavy atom. The molecule has 4 heteroatoms. The van der Waals surface area contributed by atoms with Gasteiger partial charge < -0.3 is 4.74 Å². The van der Waals surface area contributed by atoms with E-state index in [1.165, 1.54) is 19.3 Å². The van der Waals surface area contributed by atoms with Crippen LogP contribution in [-0.2, 0) is 9.53 Å². The fourth-order valence-electron chi connectivity index (χ4n) is 7.93. The van der Waals surface area contributed by atoms with Crippen molar-refractivity contribution in [1.29, 1.82) is 0 Å².